The number of benzene rings is 2. The third-order valence-corrected chi connectivity index (χ3v) is 5.10. The minimum Gasteiger partial charge on any atom is -0.265 e. The van der Waals surface area contributed by atoms with Crippen LogP contribution in [0.5, 0.6) is 0 Å². The lowest BCUT2D eigenvalue weighted by Crippen LogP contribution is -2.02. The van der Waals surface area contributed by atoms with Gasteiger partial charge in [-0.15, -0.1) is 0 Å². The highest BCUT2D eigenvalue weighted by atomic mass is 32.2. The second-order valence-electron chi connectivity index (χ2n) is 5.31. The third-order valence-electron chi connectivity index (χ3n) is 3.81. The van der Waals surface area contributed by atoms with Crippen molar-refractivity contribution < 1.29 is 0 Å². The van der Waals surface area contributed by atoms with Gasteiger partial charge in [-0.2, -0.15) is 0 Å². The fourth-order valence-corrected chi connectivity index (χ4v) is 3.99. The predicted molar refractivity (Wildman–Crippen MR) is 94.5 cm³/mol. The fourth-order valence-electron chi connectivity index (χ4n) is 2.72. The van der Waals surface area contributed by atoms with E-state index >= 15 is 0 Å². The topological polar surface area (TPSA) is 38.1 Å². The van der Waals surface area contributed by atoms with Crippen molar-refractivity contribution in [2.45, 2.75) is 11.3 Å². The SMILES string of the molecule is c1ccc(C2N=C(c3ncccn3)SC2c2ccccc2)cc1. The molecule has 0 spiro atoms. The summed E-state index contributed by atoms with van der Waals surface area (Å²) in [5, 5.41) is 1.16. The van der Waals surface area contributed by atoms with Crippen LogP contribution in [0.15, 0.2) is 84.1 Å². The molecule has 0 N–H and O–H groups in total. The zero-order valence-corrected chi connectivity index (χ0v) is 13.2. The Kier molecular flexibility index (Phi) is 3.90. The molecule has 112 valence electrons. The predicted octanol–water partition coefficient (Wildman–Crippen LogP) is 4.45. The maximum Gasteiger partial charge on any atom is 0.184 e. The number of hydrogen-bond acceptors (Lipinski definition) is 4. The highest BCUT2D eigenvalue weighted by molar-refractivity contribution is 8.14. The number of aromatic nitrogens is 2. The smallest absolute Gasteiger partial charge is 0.184 e. The van der Waals surface area contributed by atoms with E-state index in [1.54, 1.807) is 24.2 Å². The minimum atomic E-state index is 0.0856. The van der Waals surface area contributed by atoms with Crippen LogP contribution in [0.25, 0.3) is 0 Å². The van der Waals surface area contributed by atoms with Crippen LogP contribution >= 0.6 is 11.8 Å². The molecule has 2 unspecified atom stereocenters. The van der Waals surface area contributed by atoms with E-state index in [1.165, 1.54) is 11.1 Å². The Morgan fingerprint density at radius 3 is 1.96 bits per heavy atom. The number of hydrogen-bond donors (Lipinski definition) is 0. The quantitative estimate of drug-likeness (QED) is 0.716. The number of nitrogens with zero attached hydrogens (tertiary/aromatic N) is 3. The van der Waals surface area contributed by atoms with E-state index in [2.05, 4.69) is 58.5 Å². The molecule has 3 aromatic rings. The van der Waals surface area contributed by atoms with Gasteiger partial charge in [0.15, 0.2) is 5.82 Å². The summed E-state index contributed by atoms with van der Waals surface area (Å²) in [6.45, 7) is 0. The van der Waals surface area contributed by atoms with Gasteiger partial charge in [0.25, 0.3) is 0 Å². The molecule has 0 amide bonds. The van der Waals surface area contributed by atoms with Gasteiger partial charge in [-0.1, -0.05) is 72.4 Å². The summed E-state index contributed by atoms with van der Waals surface area (Å²) in [6, 6.07) is 22.9. The normalized spacial score (nSPS) is 20.3. The maximum absolute atomic E-state index is 4.94. The van der Waals surface area contributed by atoms with Gasteiger partial charge >= 0.3 is 0 Å². The van der Waals surface area contributed by atoms with E-state index in [9.17, 15) is 0 Å². The molecule has 0 radical (unpaired) electrons. The molecule has 0 bridgehead atoms. The van der Waals surface area contributed by atoms with Gasteiger partial charge in [-0.3, -0.25) is 4.99 Å². The Labute approximate surface area is 139 Å². The Balaban J connectivity index is 1.75. The van der Waals surface area contributed by atoms with Crippen molar-refractivity contribution >= 4 is 16.8 Å². The van der Waals surface area contributed by atoms with Crippen molar-refractivity contribution in [2.24, 2.45) is 4.99 Å². The summed E-state index contributed by atoms with van der Waals surface area (Å²) in [5.41, 5.74) is 2.50. The van der Waals surface area contributed by atoms with E-state index in [-0.39, 0.29) is 11.3 Å². The van der Waals surface area contributed by atoms with Crippen LogP contribution in [-0.2, 0) is 0 Å². The largest absolute Gasteiger partial charge is 0.265 e. The zero-order valence-electron chi connectivity index (χ0n) is 12.4. The molecule has 1 aliphatic rings. The average molecular weight is 317 g/mol. The lowest BCUT2D eigenvalue weighted by atomic mass is 9.99. The van der Waals surface area contributed by atoms with E-state index in [0.717, 1.165) is 5.04 Å². The summed E-state index contributed by atoms with van der Waals surface area (Å²) in [7, 11) is 0. The first kappa shape index (κ1) is 14.2. The molecule has 2 atom stereocenters. The van der Waals surface area contributed by atoms with Crippen molar-refractivity contribution in [3.8, 4) is 0 Å². The van der Waals surface area contributed by atoms with Crippen LogP contribution in [-0.4, -0.2) is 15.0 Å². The molecule has 1 aromatic heterocycles. The molecule has 1 aliphatic heterocycles. The average Bonchev–Trinajstić information content (AvgIpc) is 3.09. The standard InChI is InChI=1S/C19H15N3S/c1-3-8-14(9-4-1)16-17(15-10-5-2-6-11-15)23-19(22-16)18-20-12-7-13-21-18/h1-13,16-17H. The van der Waals surface area contributed by atoms with Crippen molar-refractivity contribution in [1.29, 1.82) is 0 Å². The molecule has 3 nitrogen and oxygen atoms in total. The van der Waals surface area contributed by atoms with Gasteiger partial charge in [0.2, 0.25) is 0 Å². The highest BCUT2D eigenvalue weighted by Gasteiger charge is 2.33. The van der Waals surface area contributed by atoms with Gasteiger partial charge < -0.3 is 0 Å². The second-order valence-corrected chi connectivity index (χ2v) is 6.44. The Bertz CT molecular complexity index is 804. The van der Waals surface area contributed by atoms with Crippen molar-refractivity contribution in [3.05, 3.63) is 96.1 Å². The molecule has 0 saturated heterocycles. The van der Waals surface area contributed by atoms with Crippen LogP contribution in [0, 0.1) is 0 Å². The third kappa shape index (κ3) is 2.90. The molecule has 4 rings (SSSR count). The first-order valence-corrected chi connectivity index (χ1v) is 8.41. The van der Waals surface area contributed by atoms with Crippen LogP contribution < -0.4 is 0 Å². The van der Waals surface area contributed by atoms with Gasteiger partial charge in [0.05, 0.1) is 11.3 Å². The fraction of sp³-hybridized carbons (Fsp3) is 0.105. The Morgan fingerprint density at radius 2 is 1.30 bits per heavy atom. The summed E-state index contributed by atoms with van der Waals surface area (Å²) >= 11 is 1.74. The second kappa shape index (κ2) is 6.34. The molecule has 2 heterocycles. The van der Waals surface area contributed by atoms with Crippen molar-refractivity contribution in [2.75, 3.05) is 0 Å². The van der Waals surface area contributed by atoms with E-state index < -0.39 is 0 Å². The lowest BCUT2D eigenvalue weighted by Gasteiger charge is -2.17. The van der Waals surface area contributed by atoms with E-state index in [1.807, 2.05) is 18.2 Å². The number of rotatable bonds is 3. The van der Waals surface area contributed by atoms with Gasteiger partial charge in [-0.05, 0) is 17.2 Å². The molecular weight excluding hydrogens is 302 g/mol. The molecule has 4 heteroatoms. The summed E-state index contributed by atoms with van der Waals surface area (Å²) in [5.74, 6) is 0.705. The molecule has 0 aliphatic carbocycles. The monoisotopic (exact) mass is 317 g/mol. The van der Waals surface area contributed by atoms with Gasteiger partial charge in [0.1, 0.15) is 5.04 Å². The molecule has 2 aromatic carbocycles. The Morgan fingerprint density at radius 1 is 0.696 bits per heavy atom. The van der Waals surface area contributed by atoms with Gasteiger partial charge in [-0.25, -0.2) is 9.97 Å². The minimum absolute atomic E-state index is 0.0856. The molecule has 0 saturated carbocycles. The zero-order chi connectivity index (χ0) is 15.5. The number of thioether (sulfide) groups is 1. The van der Waals surface area contributed by atoms with Crippen molar-refractivity contribution in [1.82, 2.24) is 9.97 Å². The first-order chi connectivity index (χ1) is 11.4. The summed E-state index contributed by atoms with van der Waals surface area (Å²) in [6.07, 6.45) is 3.53. The molecule has 23 heavy (non-hydrogen) atoms. The molecule has 0 fully saturated rings. The van der Waals surface area contributed by atoms with Crippen LogP contribution in [0.4, 0.5) is 0 Å². The molecular formula is C19H15N3S. The van der Waals surface area contributed by atoms with E-state index in [4.69, 9.17) is 4.99 Å². The maximum atomic E-state index is 4.94. The van der Waals surface area contributed by atoms with Crippen LogP contribution in [0.2, 0.25) is 0 Å². The Hall–Kier alpha value is -2.46. The van der Waals surface area contributed by atoms with Crippen molar-refractivity contribution in [3.63, 3.8) is 0 Å². The van der Waals surface area contributed by atoms with Gasteiger partial charge in [0, 0.05) is 12.4 Å². The lowest BCUT2D eigenvalue weighted by molar-refractivity contribution is 0.724. The summed E-state index contributed by atoms with van der Waals surface area (Å²) < 4.78 is 0. The van der Waals surface area contributed by atoms with Crippen LogP contribution in [0.3, 0.4) is 0 Å². The summed E-state index contributed by atoms with van der Waals surface area (Å²) in [4.78, 5) is 13.6. The van der Waals surface area contributed by atoms with Crippen LogP contribution in [0.1, 0.15) is 28.2 Å². The first-order valence-electron chi connectivity index (χ1n) is 7.53. The number of aliphatic imine (C=N–C) groups is 1. The van der Waals surface area contributed by atoms with E-state index in [0.29, 0.717) is 5.82 Å². The highest BCUT2D eigenvalue weighted by Crippen LogP contribution is 2.49.